The highest BCUT2D eigenvalue weighted by molar-refractivity contribution is 8.00. The van der Waals surface area contributed by atoms with Crippen molar-refractivity contribution in [2.75, 3.05) is 26.5 Å². The Bertz CT molecular complexity index is 819. The summed E-state index contributed by atoms with van der Waals surface area (Å²) >= 11 is 2.00. The second-order valence-corrected chi connectivity index (χ2v) is 7.92. The molecule has 1 fully saturated rings. The lowest BCUT2D eigenvalue weighted by Crippen LogP contribution is -2.31. The maximum atomic E-state index is 13.2. The van der Waals surface area contributed by atoms with Gasteiger partial charge < -0.3 is 14.4 Å². The fourth-order valence-electron chi connectivity index (χ4n) is 2.96. The number of benzene rings is 2. The summed E-state index contributed by atoms with van der Waals surface area (Å²) in [6, 6.07) is 11.9. The molecule has 0 saturated carbocycles. The molecule has 144 valence electrons. The molecular formula is C19H19F2NO3S2. The molecule has 8 heteroatoms. The molecule has 1 unspecified atom stereocenters. The third-order valence-electron chi connectivity index (χ3n) is 4.19. The molecule has 2 aromatic carbocycles. The molecule has 0 aromatic heterocycles. The SMILES string of the molecule is COc1ccc(OC)c(C2SCCN2C(=O)c2ccccc2SC(F)F)c1. The molecule has 0 spiro atoms. The van der Waals surface area contributed by atoms with Gasteiger partial charge in [-0.3, -0.25) is 4.79 Å². The molecule has 2 aromatic rings. The molecular weight excluding hydrogens is 392 g/mol. The molecule has 0 bridgehead atoms. The Morgan fingerprint density at radius 2 is 2.00 bits per heavy atom. The Balaban J connectivity index is 1.95. The normalized spacial score (nSPS) is 16.6. The fraction of sp³-hybridized carbons (Fsp3) is 0.316. The van der Waals surface area contributed by atoms with Crippen LogP contribution in [0.5, 0.6) is 11.5 Å². The van der Waals surface area contributed by atoms with Crippen molar-refractivity contribution >= 4 is 29.4 Å². The Hall–Kier alpha value is -1.93. The van der Waals surface area contributed by atoms with Crippen molar-refractivity contribution in [1.82, 2.24) is 4.90 Å². The van der Waals surface area contributed by atoms with Crippen LogP contribution in [-0.4, -0.2) is 43.1 Å². The number of rotatable bonds is 6. The van der Waals surface area contributed by atoms with E-state index in [2.05, 4.69) is 0 Å². The molecule has 4 nitrogen and oxygen atoms in total. The van der Waals surface area contributed by atoms with E-state index in [-0.39, 0.29) is 21.7 Å². The predicted octanol–water partition coefficient (Wildman–Crippen LogP) is 4.91. The maximum Gasteiger partial charge on any atom is 0.288 e. The Morgan fingerprint density at radius 3 is 2.70 bits per heavy atom. The van der Waals surface area contributed by atoms with Crippen molar-refractivity contribution in [2.45, 2.75) is 16.0 Å². The molecule has 0 radical (unpaired) electrons. The van der Waals surface area contributed by atoms with Crippen molar-refractivity contribution in [3.05, 3.63) is 53.6 Å². The molecule has 1 heterocycles. The number of alkyl halides is 2. The van der Waals surface area contributed by atoms with E-state index in [4.69, 9.17) is 9.47 Å². The number of methoxy groups -OCH3 is 2. The second kappa shape index (κ2) is 8.84. The largest absolute Gasteiger partial charge is 0.497 e. The van der Waals surface area contributed by atoms with Gasteiger partial charge in [-0.15, -0.1) is 11.8 Å². The molecule has 1 atom stereocenters. The van der Waals surface area contributed by atoms with Gasteiger partial charge in [0.2, 0.25) is 0 Å². The number of hydrogen-bond acceptors (Lipinski definition) is 5. The van der Waals surface area contributed by atoms with E-state index in [0.717, 1.165) is 11.3 Å². The molecule has 1 amide bonds. The van der Waals surface area contributed by atoms with Crippen LogP contribution in [0.4, 0.5) is 8.78 Å². The van der Waals surface area contributed by atoms with Crippen LogP contribution in [0.15, 0.2) is 47.4 Å². The van der Waals surface area contributed by atoms with Crippen LogP contribution >= 0.6 is 23.5 Å². The number of hydrogen-bond donors (Lipinski definition) is 0. The van der Waals surface area contributed by atoms with Gasteiger partial charge in [-0.25, -0.2) is 0 Å². The summed E-state index contributed by atoms with van der Waals surface area (Å²) in [7, 11) is 3.15. The van der Waals surface area contributed by atoms with Gasteiger partial charge in [0.05, 0.1) is 19.8 Å². The average Bonchev–Trinajstić information content (AvgIpc) is 3.16. The second-order valence-electron chi connectivity index (χ2n) is 5.70. The number of halogens is 2. The summed E-state index contributed by atoms with van der Waals surface area (Å²) in [5.41, 5.74) is 1.11. The van der Waals surface area contributed by atoms with Gasteiger partial charge in [0.1, 0.15) is 16.9 Å². The van der Waals surface area contributed by atoms with Crippen molar-refractivity contribution in [3.8, 4) is 11.5 Å². The quantitative estimate of drug-likeness (QED) is 0.632. The van der Waals surface area contributed by atoms with Gasteiger partial charge in [-0.1, -0.05) is 23.9 Å². The number of nitrogens with zero attached hydrogens (tertiary/aromatic N) is 1. The van der Waals surface area contributed by atoms with Crippen molar-refractivity contribution in [3.63, 3.8) is 0 Å². The number of thioether (sulfide) groups is 2. The van der Waals surface area contributed by atoms with Crippen LogP contribution in [0.3, 0.4) is 0 Å². The fourth-order valence-corrected chi connectivity index (χ4v) is 4.87. The third-order valence-corrected chi connectivity index (χ3v) is 6.22. The van der Waals surface area contributed by atoms with Gasteiger partial charge in [-0.05, 0) is 30.3 Å². The Morgan fingerprint density at radius 1 is 1.22 bits per heavy atom. The predicted molar refractivity (Wildman–Crippen MR) is 104 cm³/mol. The first-order valence-corrected chi connectivity index (χ1v) is 10.2. The van der Waals surface area contributed by atoms with E-state index in [1.165, 1.54) is 0 Å². The van der Waals surface area contributed by atoms with Crippen molar-refractivity contribution < 1.29 is 23.0 Å². The minimum Gasteiger partial charge on any atom is -0.497 e. The minimum atomic E-state index is -2.58. The lowest BCUT2D eigenvalue weighted by atomic mass is 10.1. The minimum absolute atomic E-state index is 0.265. The number of carbonyl (C=O) groups excluding carboxylic acids is 1. The molecule has 1 aliphatic heterocycles. The summed E-state index contributed by atoms with van der Waals surface area (Å²) in [5.74, 6) is -0.775. The first kappa shape index (κ1) is 19.8. The summed E-state index contributed by atoms with van der Waals surface area (Å²) < 4.78 is 36.5. The van der Waals surface area contributed by atoms with Crippen molar-refractivity contribution in [2.24, 2.45) is 0 Å². The van der Waals surface area contributed by atoms with Gasteiger partial charge in [-0.2, -0.15) is 8.78 Å². The summed E-state index contributed by atoms with van der Waals surface area (Å²) in [4.78, 5) is 15.2. The summed E-state index contributed by atoms with van der Waals surface area (Å²) in [6.45, 7) is 0.530. The van der Waals surface area contributed by atoms with E-state index in [0.29, 0.717) is 29.8 Å². The highest BCUT2D eigenvalue weighted by Crippen LogP contribution is 2.44. The zero-order valence-corrected chi connectivity index (χ0v) is 16.5. The van der Waals surface area contributed by atoms with Crippen LogP contribution in [0, 0.1) is 0 Å². The average molecular weight is 411 g/mol. The van der Waals surface area contributed by atoms with E-state index < -0.39 is 5.76 Å². The van der Waals surface area contributed by atoms with Crippen LogP contribution in [0.1, 0.15) is 21.3 Å². The molecule has 3 rings (SSSR count). The highest BCUT2D eigenvalue weighted by Gasteiger charge is 2.34. The van der Waals surface area contributed by atoms with Crippen LogP contribution in [0.2, 0.25) is 0 Å². The van der Waals surface area contributed by atoms with Gasteiger partial charge in [0.15, 0.2) is 0 Å². The lowest BCUT2D eigenvalue weighted by molar-refractivity contribution is 0.0755. The van der Waals surface area contributed by atoms with Crippen LogP contribution in [-0.2, 0) is 0 Å². The van der Waals surface area contributed by atoms with Crippen molar-refractivity contribution in [1.29, 1.82) is 0 Å². The maximum absolute atomic E-state index is 13.2. The number of amides is 1. The van der Waals surface area contributed by atoms with E-state index in [9.17, 15) is 13.6 Å². The first-order valence-electron chi connectivity index (χ1n) is 8.23. The zero-order chi connectivity index (χ0) is 19.4. The molecule has 0 aliphatic carbocycles. The zero-order valence-electron chi connectivity index (χ0n) is 14.9. The summed E-state index contributed by atoms with van der Waals surface area (Å²) in [6.07, 6.45) is 0. The van der Waals surface area contributed by atoms with Gasteiger partial charge >= 0.3 is 0 Å². The highest BCUT2D eigenvalue weighted by atomic mass is 32.2. The molecule has 0 N–H and O–H groups in total. The lowest BCUT2D eigenvalue weighted by Gasteiger charge is -2.26. The topological polar surface area (TPSA) is 38.8 Å². The number of carbonyl (C=O) groups is 1. The summed E-state index contributed by atoms with van der Waals surface area (Å²) in [5, 5.41) is -0.271. The first-order chi connectivity index (χ1) is 13.0. The monoisotopic (exact) mass is 411 g/mol. The van der Waals surface area contributed by atoms with E-state index in [1.54, 1.807) is 67.3 Å². The molecule has 1 aliphatic rings. The molecule has 1 saturated heterocycles. The Kier molecular flexibility index (Phi) is 6.49. The van der Waals surface area contributed by atoms with Crippen LogP contribution in [0.25, 0.3) is 0 Å². The molecule has 27 heavy (non-hydrogen) atoms. The Labute approximate surface area is 165 Å². The van der Waals surface area contributed by atoms with Gasteiger partial charge in [0.25, 0.3) is 11.7 Å². The van der Waals surface area contributed by atoms with E-state index in [1.807, 2.05) is 6.07 Å². The number of ether oxygens (including phenoxy) is 2. The van der Waals surface area contributed by atoms with Crippen LogP contribution < -0.4 is 9.47 Å². The van der Waals surface area contributed by atoms with E-state index >= 15 is 0 Å². The van der Waals surface area contributed by atoms with Gasteiger partial charge in [0, 0.05) is 22.8 Å². The standard InChI is InChI=1S/C19H19F2NO3S2/c1-24-12-7-8-15(25-2)14(11-12)18-22(9-10-26-18)17(23)13-5-3-4-6-16(13)27-19(20)21/h3-8,11,18-19H,9-10H2,1-2H3. The third kappa shape index (κ3) is 4.32. The smallest absolute Gasteiger partial charge is 0.288 e.